The van der Waals surface area contributed by atoms with Crippen molar-refractivity contribution in [2.75, 3.05) is 0 Å². The van der Waals surface area contributed by atoms with Gasteiger partial charge in [0.2, 0.25) is 0 Å². The number of benzene rings is 1. The summed E-state index contributed by atoms with van der Waals surface area (Å²) in [4.78, 5) is 0. The third-order valence-corrected chi connectivity index (χ3v) is 0.887. The van der Waals surface area contributed by atoms with Gasteiger partial charge in [0.15, 0.2) is 0 Å². The second kappa shape index (κ2) is 3.40. The molecule has 1 aromatic rings. The fourth-order valence-electron chi connectivity index (χ4n) is 0.580. The van der Waals surface area contributed by atoms with Gasteiger partial charge in [-0.15, -0.1) is 0 Å². The number of aromatic hydroxyl groups is 3. The average molecular weight is 134 g/mol. The summed E-state index contributed by atoms with van der Waals surface area (Å²) in [7, 11) is 0. The molecule has 10 heavy (non-hydrogen) atoms. The van der Waals surface area contributed by atoms with E-state index >= 15 is 0 Å². The van der Waals surface area contributed by atoms with E-state index in [2.05, 4.69) is 0 Å². The molecule has 0 bridgehead atoms. The SMILES string of the molecule is Oc1cc(O)cc(O)c1.[LiH]. The van der Waals surface area contributed by atoms with Gasteiger partial charge < -0.3 is 15.3 Å². The third kappa shape index (κ3) is 2.22. The van der Waals surface area contributed by atoms with Gasteiger partial charge in [0.25, 0.3) is 0 Å². The maximum atomic E-state index is 8.67. The Kier molecular flexibility index (Phi) is 3.14. The zero-order valence-electron chi connectivity index (χ0n) is 4.57. The van der Waals surface area contributed by atoms with Crippen molar-refractivity contribution in [3.05, 3.63) is 18.2 Å². The van der Waals surface area contributed by atoms with E-state index in [0.717, 1.165) is 18.2 Å². The van der Waals surface area contributed by atoms with E-state index in [0.29, 0.717) is 0 Å². The fourth-order valence-corrected chi connectivity index (χ4v) is 0.580. The molecule has 0 aliphatic carbocycles. The van der Waals surface area contributed by atoms with Crippen LogP contribution in [0.25, 0.3) is 0 Å². The number of phenols is 3. The van der Waals surface area contributed by atoms with Gasteiger partial charge in [-0.3, -0.25) is 0 Å². The van der Waals surface area contributed by atoms with Crippen LogP contribution in [-0.4, -0.2) is 34.2 Å². The van der Waals surface area contributed by atoms with Gasteiger partial charge >= 0.3 is 18.9 Å². The Morgan fingerprint density at radius 3 is 1.10 bits per heavy atom. The van der Waals surface area contributed by atoms with Crippen LogP contribution >= 0.6 is 0 Å². The van der Waals surface area contributed by atoms with E-state index in [1.165, 1.54) is 0 Å². The van der Waals surface area contributed by atoms with E-state index < -0.39 is 0 Å². The third-order valence-electron chi connectivity index (χ3n) is 0.887. The molecule has 3 N–H and O–H groups in total. The minimum absolute atomic E-state index is 0. The first-order chi connectivity index (χ1) is 4.18. The second-order valence-corrected chi connectivity index (χ2v) is 1.71. The zero-order chi connectivity index (χ0) is 6.85. The monoisotopic (exact) mass is 134 g/mol. The quantitative estimate of drug-likeness (QED) is 0.443. The van der Waals surface area contributed by atoms with Gasteiger partial charge in [-0.2, -0.15) is 0 Å². The molecule has 0 unspecified atom stereocenters. The molecule has 0 fully saturated rings. The fraction of sp³-hybridized carbons (Fsp3) is 0. The minimum atomic E-state index is -0.146. The average Bonchev–Trinajstić information content (AvgIpc) is 1.59. The van der Waals surface area contributed by atoms with Crippen LogP contribution in [0, 0.1) is 0 Å². The molecule has 0 aliphatic rings. The van der Waals surface area contributed by atoms with Crippen molar-refractivity contribution in [1.29, 1.82) is 0 Å². The summed E-state index contributed by atoms with van der Waals surface area (Å²) in [5, 5.41) is 26.0. The van der Waals surface area contributed by atoms with Crippen molar-refractivity contribution >= 4 is 18.9 Å². The van der Waals surface area contributed by atoms with Crippen LogP contribution in [0.2, 0.25) is 0 Å². The van der Waals surface area contributed by atoms with Crippen LogP contribution in [-0.2, 0) is 0 Å². The van der Waals surface area contributed by atoms with E-state index in [4.69, 9.17) is 15.3 Å². The van der Waals surface area contributed by atoms with Gasteiger partial charge in [-0.25, -0.2) is 0 Å². The van der Waals surface area contributed by atoms with Crippen molar-refractivity contribution in [1.82, 2.24) is 0 Å². The summed E-state index contributed by atoms with van der Waals surface area (Å²) in [6, 6.07) is 3.42. The van der Waals surface area contributed by atoms with Gasteiger partial charge in [0.1, 0.15) is 17.2 Å². The predicted molar refractivity (Wildman–Crippen MR) is 38.6 cm³/mol. The first-order valence-electron chi connectivity index (χ1n) is 2.40. The summed E-state index contributed by atoms with van der Waals surface area (Å²) in [5.74, 6) is -0.437. The normalized spacial score (nSPS) is 8.40. The first-order valence-corrected chi connectivity index (χ1v) is 2.40. The van der Waals surface area contributed by atoms with E-state index in [1.807, 2.05) is 0 Å². The summed E-state index contributed by atoms with van der Waals surface area (Å²) in [5.41, 5.74) is 0. The van der Waals surface area contributed by atoms with Gasteiger partial charge in [-0.1, -0.05) is 0 Å². The van der Waals surface area contributed by atoms with Crippen LogP contribution in [0.1, 0.15) is 0 Å². The van der Waals surface area contributed by atoms with Gasteiger partial charge in [0.05, 0.1) is 0 Å². The number of rotatable bonds is 0. The molecular weight excluding hydrogens is 127 g/mol. The Morgan fingerprint density at radius 1 is 0.700 bits per heavy atom. The van der Waals surface area contributed by atoms with E-state index in [9.17, 15) is 0 Å². The number of phenolic OH excluding ortho intramolecular Hbond substituents is 3. The molecule has 0 aliphatic heterocycles. The topological polar surface area (TPSA) is 60.7 Å². The van der Waals surface area contributed by atoms with Gasteiger partial charge in [-0.05, 0) is 0 Å². The van der Waals surface area contributed by atoms with Crippen LogP contribution < -0.4 is 0 Å². The molecule has 0 atom stereocenters. The Balaban J connectivity index is 0.000000810. The van der Waals surface area contributed by atoms with E-state index in [1.54, 1.807) is 0 Å². The van der Waals surface area contributed by atoms with Crippen molar-refractivity contribution in [3.63, 3.8) is 0 Å². The maximum absolute atomic E-state index is 8.67. The molecule has 0 radical (unpaired) electrons. The van der Waals surface area contributed by atoms with Crippen LogP contribution in [0.15, 0.2) is 18.2 Å². The summed E-state index contributed by atoms with van der Waals surface area (Å²) >= 11 is 0. The molecule has 0 spiro atoms. The Labute approximate surface area is 70.1 Å². The van der Waals surface area contributed by atoms with Crippen LogP contribution in [0.5, 0.6) is 17.2 Å². The Bertz CT molecular complexity index is 174. The molecule has 0 amide bonds. The molecule has 0 saturated carbocycles. The number of hydrogen-bond donors (Lipinski definition) is 3. The second-order valence-electron chi connectivity index (χ2n) is 1.71. The van der Waals surface area contributed by atoms with Crippen LogP contribution in [0.3, 0.4) is 0 Å². The van der Waals surface area contributed by atoms with Crippen molar-refractivity contribution in [2.24, 2.45) is 0 Å². The first kappa shape index (κ1) is 9.22. The molecule has 50 valence electrons. The number of hydrogen-bond acceptors (Lipinski definition) is 3. The molecule has 4 heteroatoms. The summed E-state index contributed by atoms with van der Waals surface area (Å²) in [6.45, 7) is 0. The Hall–Kier alpha value is -0.783. The van der Waals surface area contributed by atoms with Crippen molar-refractivity contribution < 1.29 is 15.3 Å². The molecule has 1 aromatic carbocycles. The summed E-state index contributed by atoms with van der Waals surface area (Å²) < 4.78 is 0. The van der Waals surface area contributed by atoms with Crippen molar-refractivity contribution in [3.8, 4) is 17.2 Å². The summed E-state index contributed by atoms with van der Waals surface area (Å²) in [6.07, 6.45) is 0. The molecule has 0 aromatic heterocycles. The van der Waals surface area contributed by atoms with Crippen molar-refractivity contribution in [2.45, 2.75) is 0 Å². The van der Waals surface area contributed by atoms with Gasteiger partial charge in [0, 0.05) is 18.2 Å². The van der Waals surface area contributed by atoms with Crippen LogP contribution in [0.4, 0.5) is 0 Å². The molecule has 0 saturated heterocycles. The zero-order valence-corrected chi connectivity index (χ0v) is 4.57. The molecular formula is C6H7LiO3. The standard InChI is InChI=1S/C6H6O3.Li.H/c7-4-1-5(8)3-6(9)2-4;;/h1-3,7-9H;;. The van der Waals surface area contributed by atoms with E-state index in [-0.39, 0.29) is 36.1 Å². The Morgan fingerprint density at radius 2 is 0.900 bits per heavy atom. The predicted octanol–water partition coefficient (Wildman–Crippen LogP) is 0.155. The molecule has 1 rings (SSSR count). The molecule has 3 nitrogen and oxygen atoms in total. The molecule has 0 heterocycles.